The maximum Gasteiger partial charge on any atom is 0.249 e. The molecule has 0 aromatic rings. The summed E-state index contributed by atoms with van der Waals surface area (Å²) in [4.78, 5) is 35.9. The Hall–Kier alpha value is -1.43. The van der Waals surface area contributed by atoms with Gasteiger partial charge in [-0.2, -0.15) is 0 Å². The van der Waals surface area contributed by atoms with E-state index in [4.69, 9.17) is 4.74 Å². The van der Waals surface area contributed by atoms with E-state index in [-0.39, 0.29) is 25.0 Å². The standard InChI is InChI=1S/C11H16N2O4/c1-7-11(16)12-9(14)6-13(7)10(15)5-8-3-2-4-17-8/h7-8H,2-6H2,1H3,(H,12,14,16). The predicted octanol–water partition coefficient (Wildman–Crippen LogP) is -0.571. The lowest BCUT2D eigenvalue weighted by atomic mass is 10.1. The Bertz CT molecular complexity index is 349. The summed E-state index contributed by atoms with van der Waals surface area (Å²) < 4.78 is 5.37. The molecule has 2 atom stereocenters. The molecule has 2 rings (SSSR count). The Labute approximate surface area is 99.3 Å². The molecule has 0 aromatic heterocycles. The molecule has 2 heterocycles. The summed E-state index contributed by atoms with van der Waals surface area (Å²) in [5.41, 5.74) is 0. The number of piperazine rings is 1. The highest BCUT2D eigenvalue weighted by Gasteiger charge is 2.34. The van der Waals surface area contributed by atoms with E-state index in [0.29, 0.717) is 6.61 Å². The lowest BCUT2D eigenvalue weighted by molar-refractivity contribution is -0.150. The van der Waals surface area contributed by atoms with Gasteiger partial charge in [-0.15, -0.1) is 0 Å². The number of nitrogens with zero attached hydrogens (tertiary/aromatic N) is 1. The molecular weight excluding hydrogens is 224 g/mol. The average Bonchev–Trinajstić information content (AvgIpc) is 2.76. The van der Waals surface area contributed by atoms with E-state index in [1.54, 1.807) is 6.92 Å². The van der Waals surface area contributed by atoms with Gasteiger partial charge in [-0.1, -0.05) is 0 Å². The van der Waals surface area contributed by atoms with Crippen LogP contribution in [0, 0.1) is 0 Å². The molecule has 2 fully saturated rings. The van der Waals surface area contributed by atoms with Crippen molar-refractivity contribution in [3.05, 3.63) is 0 Å². The highest BCUT2D eigenvalue weighted by Crippen LogP contribution is 2.17. The van der Waals surface area contributed by atoms with Crippen LogP contribution in [0.5, 0.6) is 0 Å². The van der Waals surface area contributed by atoms with Gasteiger partial charge in [-0.3, -0.25) is 19.7 Å². The number of hydrogen-bond acceptors (Lipinski definition) is 4. The number of nitrogens with one attached hydrogen (secondary N) is 1. The van der Waals surface area contributed by atoms with Gasteiger partial charge < -0.3 is 9.64 Å². The van der Waals surface area contributed by atoms with Crippen LogP contribution in [0.15, 0.2) is 0 Å². The molecule has 6 nitrogen and oxygen atoms in total. The third-order valence-corrected chi connectivity index (χ3v) is 3.17. The molecule has 0 radical (unpaired) electrons. The summed E-state index contributed by atoms with van der Waals surface area (Å²) in [5, 5.41) is 2.20. The molecule has 0 bridgehead atoms. The first kappa shape index (κ1) is 12.0. The fourth-order valence-corrected chi connectivity index (χ4v) is 2.14. The highest BCUT2D eigenvalue weighted by molar-refractivity contribution is 6.04. The van der Waals surface area contributed by atoms with Crippen LogP contribution in [0.25, 0.3) is 0 Å². The van der Waals surface area contributed by atoms with E-state index in [2.05, 4.69) is 5.32 Å². The minimum atomic E-state index is -0.582. The molecule has 6 heteroatoms. The second-order valence-electron chi connectivity index (χ2n) is 4.45. The summed E-state index contributed by atoms with van der Waals surface area (Å²) >= 11 is 0. The molecule has 2 saturated heterocycles. The maximum atomic E-state index is 12.0. The fourth-order valence-electron chi connectivity index (χ4n) is 2.14. The molecule has 2 aliphatic heterocycles. The molecule has 0 aromatic carbocycles. The van der Waals surface area contributed by atoms with E-state index in [9.17, 15) is 14.4 Å². The smallest absolute Gasteiger partial charge is 0.249 e. The van der Waals surface area contributed by atoms with Crippen LogP contribution < -0.4 is 5.32 Å². The second-order valence-corrected chi connectivity index (χ2v) is 4.45. The Morgan fingerprint density at radius 3 is 2.94 bits per heavy atom. The van der Waals surface area contributed by atoms with Crippen molar-refractivity contribution in [3.63, 3.8) is 0 Å². The van der Waals surface area contributed by atoms with Crippen molar-refractivity contribution in [1.82, 2.24) is 10.2 Å². The zero-order valence-electron chi connectivity index (χ0n) is 9.77. The van der Waals surface area contributed by atoms with Gasteiger partial charge in [0.2, 0.25) is 17.7 Å². The highest BCUT2D eigenvalue weighted by atomic mass is 16.5. The number of ether oxygens (including phenoxy) is 1. The van der Waals surface area contributed by atoms with Crippen molar-refractivity contribution < 1.29 is 19.1 Å². The Morgan fingerprint density at radius 2 is 2.29 bits per heavy atom. The first-order valence-corrected chi connectivity index (χ1v) is 5.82. The zero-order chi connectivity index (χ0) is 12.4. The van der Waals surface area contributed by atoms with E-state index >= 15 is 0 Å². The third-order valence-electron chi connectivity index (χ3n) is 3.17. The van der Waals surface area contributed by atoms with E-state index < -0.39 is 17.9 Å². The minimum absolute atomic E-state index is 0.0432. The number of carbonyl (C=O) groups is 3. The number of imide groups is 1. The van der Waals surface area contributed by atoms with Crippen LogP contribution in [0.3, 0.4) is 0 Å². The van der Waals surface area contributed by atoms with E-state index in [1.165, 1.54) is 4.90 Å². The molecule has 2 aliphatic rings. The van der Waals surface area contributed by atoms with Gasteiger partial charge in [0.15, 0.2) is 0 Å². The van der Waals surface area contributed by atoms with Gasteiger partial charge in [0.05, 0.1) is 12.5 Å². The Balaban J connectivity index is 1.96. The van der Waals surface area contributed by atoms with Crippen LogP contribution >= 0.6 is 0 Å². The van der Waals surface area contributed by atoms with Gasteiger partial charge in [0.1, 0.15) is 12.6 Å². The summed E-state index contributed by atoms with van der Waals surface area (Å²) in [7, 11) is 0. The third kappa shape index (κ3) is 2.63. The van der Waals surface area contributed by atoms with Crippen LogP contribution in [0.1, 0.15) is 26.2 Å². The number of amides is 3. The first-order valence-electron chi connectivity index (χ1n) is 5.82. The molecule has 0 spiro atoms. The van der Waals surface area contributed by atoms with Gasteiger partial charge in [-0.05, 0) is 19.8 Å². The van der Waals surface area contributed by atoms with Crippen molar-refractivity contribution in [2.24, 2.45) is 0 Å². The van der Waals surface area contributed by atoms with Gasteiger partial charge in [0, 0.05) is 6.61 Å². The van der Waals surface area contributed by atoms with Crippen molar-refractivity contribution in [1.29, 1.82) is 0 Å². The number of hydrogen-bond donors (Lipinski definition) is 1. The second kappa shape index (κ2) is 4.83. The molecule has 0 saturated carbocycles. The van der Waals surface area contributed by atoms with Crippen molar-refractivity contribution >= 4 is 17.7 Å². The lowest BCUT2D eigenvalue weighted by Gasteiger charge is -2.32. The monoisotopic (exact) mass is 240 g/mol. The van der Waals surface area contributed by atoms with Crippen molar-refractivity contribution in [2.75, 3.05) is 13.2 Å². The molecule has 0 aliphatic carbocycles. The number of carbonyl (C=O) groups excluding carboxylic acids is 3. The quantitative estimate of drug-likeness (QED) is 0.656. The van der Waals surface area contributed by atoms with Crippen LogP contribution in [0.2, 0.25) is 0 Å². The largest absolute Gasteiger partial charge is 0.378 e. The summed E-state index contributed by atoms with van der Waals surface area (Å²) in [6, 6.07) is -0.582. The lowest BCUT2D eigenvalue weighted by Crippen LogP contribution is -2.58. The van der Waals surface area contributed by atoms with Crippen LogP contribution in [-0.2, 0) is 19.1 Å². The van der Waals surface area contributed by atoms with Gasteiger partial charge in [0.25, 0.3) is 0 Å². The van der Waals surface area contributed by atoms with E-state index in [1.807, 2.05) is 0 Å². The maximum absolute atomic E-state index is 12.0. The topological polar surface area (TPSA) is 75.7 Å². The van der Waals surface area contributed by atoms with Crippen LogP contribution in [0.4, 0.5) is 0 Å². The van der Waals surface area contributed by atoms with E-state index in [0.717, 1.165) is 12.8 Å². The summed E-state index contributed by atoms with van der Waals surface area (Å²) in [6.07, 6.45) is 2.03. The molecule has 1 N–H and O–H groups in total. The van der Waals surface area contributed by atoms with Gasteiger partial charge in [-0.25, -0.2) is 0 Å². The normalized spacial score (nSPS) is 29.4. The molecule has 2 unspecified atom stereocenters. The molecule has 3 amide bonds. The number of rotatable bonds is 2. The molecule has 17 heavy (non-hydrogen) atoms. The minimum Gasteiger partial charge on any atom is -0.378 e. The predicted molar refractivity (Wildman–Crippen MR) is 57.9 cm³/mol. The summed E-state index contributed by atoms with van der Waals surface area (Å²) in [5.74, 6) is -1.02. The molecule has 94 valence electrons. The Morgan fingerprint density at radius 1 is 1.53 bits per heavy atom. The first-order chi connectivity index (χ1) is 8.08. The SMILES string of the molecule is CC1C(=O)NC(=O)CN1C(=O)CC1CCCO1. The fraction of sp³-hybridized carbons (Fsp3) is 0.727. The summed E-state index contributed by atoms with van der Waals surface area (Å²) in [6.45, 7) is 2.26. The van der Waals surface area contributed by atoms with Gasteiger partial charge >= 0.3 is 0 Å². The molecular formula is C11H16N2O4. The zero-order valence-corrected chi connectivity index (χ0v) is 9.77. The Kier molecular flexibility index (Phi) is 3.42. The van der Waals surface area contributed by atoms with Crippen LogP contribution in [-0.4, -0.2) is 47.9 Å². The average molecular weight is 240 g/mol. The van der Waals surface area contributed by atoms with Crippen molar-refractivity contribution in [3.8, 4) is 0 Å². The van der Waals surface area contributed by atoms with Crippen molar-refractivity contribution in [2.45, 2.75) is 38.3 Å².